The van der Waals surface area contributed by atoms with Crippen LogP contribution >= 0.6 is 0 Å². The summed E-state index contributed by atoms with van der Waals surface area (Å²) in [6.45, 7) is 4.08. The highest BCUT2D eigenvalue weighted by molar-refractivity contribution is 5.60. The molecule has 1 aromatic rings. The quantitative estimate of drug-likeness (QED) is 0.828. The van der Waals surface area contributed by atoms with E-state index >= 15 is 0 Å². The highest BCUT2D eigenvalue weighted by Crippen LogP contribution is 2.40. The molecule has 3 nitrogen and oxygen atoms in total. The van der Waals surface area contributed by atoms with Gasteiger partial charge >= 0.3 is 0 Å². The fourth-order valence-electron chi connectivity index (χ4n) is 2.90. The van der Waals surface area contributed by atoms with Crippen molar-refractivity contribution >= 4 is 5.69 Å². The molecule has 3 rings (SSSR count). The maximum Gasteiger partial charge on any atom is 0.126 e. The average Bonchev–Trinajstić information content (AvgIpc) is 3.32. The van der Waals surface area contributed by atoms with E-state index in [4.69, 9.17) is 4.74 Å². The van der Waals surface area contributed by atoms with E-state index < -0.39 is 6.10 Å². The third-order valence-electron chi connectivity index (χ3n) is 4.37. The van der Waals surface area contributed by atoms with Gasteiger partial charge in [0.25, 0.3) is 0 Å². The second kappa shape index (κ2) is 5.65. The van der Waals surface area contributed by atoms with Crippen LogP contribution in [0.4, 0.5) is 5.69 Å². The summed E-state index contributed by atoms with van der Waals surface area (Å²) in [7, 11) is 1.68. The van der Waals surface area contributed by atoms with Crippen molar-refractivity contribution in [1.29, 1.82) is 0 Å². The van der Waals surface area contributed by atoms with Crippen molar-refractivity contribution in [2.75, 3.05) is 25.1 Å². The molecule has 1 atom stereocenters. The van der Waals surface area contributed by atoms with Crippen molar-refractivity contribution in [3.63, 3.8) is 0 Å². The number of aliphatic hydroxyl groups excluding tert-OH is 1. The summed E-state index contributed by atoms with van der Waals surface area (Å²) >= 11 is 0. The largest absolute Gasteiger partial charge is 0.496 e. The van der Waals surface area contributed by atoms with Crippen LogP contribution in [-0.2, 0) is 0 Å². The van der Waals surface area contributed by atoms with E-state index in [1.165, 1.54) is 25.7 Å². The third kappa shape index (κ3) is 3.09. The molecule has 1 aromatic carbocycles. The van der Waals surface area contributed by atoms with E-state index in [-0.39, 0.29) is 0 Å². The molecule has 0 spiro atoms. The van der Waals surface area contributed by atoms with Crippen LogP contribution in [0.1, 0.15) is 44.3 Å². The first-order valence-corrected chi connectivity index (χ1v) is 7.79. The lowest BCUT2D eigenvalue weighted by atomic mass is 10.0. The Morgan fingerprint density at radius 1 is 1.20 bits per heavy atom. The minimum Gasteiger partial charge on any atom is -0.496 e. The Morgan fingerprint density at radius 2 is 1.80 bits per heavy atom. The molecule has 3 heteroatoms. The second-order valence-electron chi connectivity index (χ2n) is 6.36. The number of benzene rings is 1. The number of anilines is 1. The molecule has 2 aliphatic carbocycles. The number of aliphatic hydroxyl groups is 1. The Labute approximate surface area is 121 Å². The average molecular weight is 275 g/mol. The van der Waals surface area contributed by atoms with E-state index in [2.05, 4.69) is 11.0 Å². The molecular weight excluding hydrogens is 250 g/mol. The zero-order chi connectivity index (χ0) is 14.1. The van der Waals surface area contributed by atoms with Crippen LogP contribution in [0.15, 0.2) is 18.2 Å². The number of hydrogen-bond donors (Lipinski definition) is 1. The van der Waals surface area contributed by atoms with Crippen molar-refractivity contribution < 1.29 is 9.84 Å². The van der Waals surface area contributed by atoms with E-state index in [0.29, 0.717) is 0 Å². The number of nitrogens with zero attached hydrogens (tertiary/aromatic N) is 1. The molecule has 0 saturated heterocycles. The van der Waals surface area contributed by atoms with Gasteiger partial charge in [0, 0.05) is 24.3 Å². The van der Waals surface area contributed by atoms with Crippen LogP contribution in [0.25, 0.3) is 0 Å². The van der Waals surface area contributed by atoms with Crippen molar-refractivity contribution in [3.05, 3.63) is 23.8 Å². The molecule has 1 N–H and O–H groups in total. The van der Waals surface area contributed by atoms with Crippen LogP contribution in [0, 0.1) is 11.8 Å². The SMILES string of the molecule is COc1cccc(N(CC2CC2)CC2CC2)c1C(C)O. The summed E-state index contributed by atoms with van der Waals surface area (Å²) in [5, 5.41) is 10.2. The van der Waals surface area contributed by atoms with Gasteiger partial charge in [-0.05, 0) is 56.6 Å². The van der Waals surface area contributed by atoms with Crippen LogP contribution in [0.5, 0.6) is 5.75 Å². The number of methoxy groups -OCH3 is 1. The Hall–Kier alpha value is -1.22. The molecule has 1 unspecified atom stereocenters. The van der Waals surface area contributed by atoms with Crippen LogP contribution in [0.3, 0.4) is 0 Å². The summed E-state index contributed by atoms with van der Waals surface area (Å²) in [5.41, 5.74) is 2.11. The summed E-state index contributed by atoms with van der Waals surface area (Å²) in [6.07, 6.45) is 4.93. The van der Waals surface area contributed by atoms with Crippen molar-refractivity contribution in [1.82, 2.24) is 0 Å². The fraction of sp³-hybridized carbons (Fsp3) is 0.647. The molecular formula is C17H25NO2. The Bertz CT molecular complexity index is 450. The van der Waals surface area contributed by atoms with E-state index in [1.54, 1.807) is 7.11 Å². The van der Waals surface area contributed by atoms with Crippen molar-refractivity contribution in [2.24, 2.45) is 11.8 Å². The standard InChI is InChI=1S/C17H25NO2/c1-12(19)17-15(4-3-5-16(17)20-2)18(10-13-6-7-13)11-14-8-9-14/h3-5,12-14,19H,6-11H2,1-2H3. The molecule has 0 amide bonds. The number of hydrogen-bond acceptors (Lipinski definition) is 3. The first-order chi connectivity index (χ1) is 9.69. The Kier molecular flexibility index (Phi) is 3.88. The molecule has 2 saturated carbocycles. The minimum atomic E-state index is -0.498. The van der Waals surface area contributed by atoms with Crippen LogP contribution in [-0.4, -0.2) is 25.3 Å². The maximum absolute atomic E-state index is 10.2. The molecule has 0 aromatic heterocycles. The normalized spacial score (nSPS) is 19.8. The minimum absolute atomic E-state index is 0.498. The topological polar surface area (TPSA) is 32.7 Å². The lowest BCUT2D eigenvalue weighted by Crippen LogP contribution is -2.29. The van der Waals surface area contributed by atoms with Gasteiger partial charge in [0.05, 0.1) is 13.2 Å². The third-order valence-corrected chi connectivity index (χ3v) is 4.37. The predicted octanol–water partition coefficient (Wildman–Crippen LogP) is 3.37. The summed E-state index contributed by atoms with van der Waals surface area (Å²) < 4.78 is 5.45. The lowest BCUT2D eigenvalue weighted by Gasteiger charge is -2.29. The van der Waals surface area contributed by atoms with Gasteiger partial charge < -0.3 is 14.7 Å². The van der Waals surface area contributed by atoms with Gasteiger partial charge in [-0.15, -0.1) is 0 Å². The highest BCUT2D eigenvalue weighted by atomic mass is 16.5. The Morgan fingerprint density at radius 3 is 2.25 bits per heavy atom. The zero-order valence-corrected chi connectivity index (χ0v) is 12.5. The molecule has 0 aliphatic heterocycles. The maximum atomic E-state index is 10.2. The molecule has 2 fully saturated rings. The Balaban J connectivity index is 1.90. The molecule has 0 radical (unpaired) electrons. The highest BCUT2D eigenvalue weighted by Gasteiger charge is 2.31. The number of rotatable bonds is 7. The van der Waals surface area contributed by atoms with Gasteiger partial charge in [-0.3, -0.25) is 0 Å². The summed E-state index contributed by atoms with van der Waals surface area (Å²) in [6, 6.07) is 6.11. The van der Waals surface area contributed by atoms with Crippen molar-refractivity contribution in [2.45, 2.75) is 38.7 Å². The van der Waals surface area contributed by atoms with Gasteiger partial charge in [0.1, 0.15) is 5.75 Å². The van der Waals surface area contributed by atoms with Crippen LogP contribution in [0.2, 0.25) is 0 Å². The zero-order valence-electron chi connectivity index (χ0n) is 12.5. The van der Waals surface area contributed by atoms with E-state index in [9.17, 15) is 5.11 Å². The lowest BCUT2D eigenvalue weighted by molar-refractivity contribution is 0.194. The van der Waals surface area contributed by atoms with Gasteiger partial charge in [-0.1, -0.05) is 6.07 Å². The molecule has 20 heavy (non-hydrogen) atoms. The van der Waals surface area contributed by atoms with Gasteiger partial charge in [0.2, 0.25) is 0 Å². The summed E-state index contributed by atoms with van der Waals surface area (Å²) in [4.78, 5) is 2.49. The fourth-order valence-corrected chi connectivity index (χ4v) is 2.90. The first kappa shape index (κ1) is 13.7. The van der Waals surface area contributed by atoms with Gasteiger partial charge in [0.15, 0.2) is 0 Å². The van der Waals surface area contributed by atoms with Crippen molar-refractivity contribution in [3.8, 4) is 5.75 Å². The number of ether oxygens (including phenoxy) is 1. The van der Waals surface area contributed by atoms with E-state index in [0.717, 1.165) is 41.9 Å². The molecule has 0 bridgehead atoms. The monoisotopic (exact) mass is 275 g/mol. The second-order valence-corrected chi connectivity index (χ2v) is 6.36. The predicted molar refractivity (Wildman–Crippen MR) is 81.3 cm³/mol. The van der Waals surface area contributed by atoms with Crippen LogP contribution < -0.4 is 9.64 Å². The van der Waals surface area contributed by atoms with E-state index in [1.807, 2.05) is 19.1 Å². The van der Waals surface area contributed by atoms with Gasteiger partial charge in [-0.2, -0.15) is 0 Å². The molecule has 110 valence electrons. The molecule has 2 aliphatic rings. The summed E-state index contributed by atoms with van der Waals surface area (Å²) in [5.74, 6) is 2.50. The van der Waals surface area contributed by atoms with Gasteiger partial charge in [-0.25, -0.2) is 0 Å². The smallest absolute Gasteiger partial charge is 0.126 e. The molecule has 0 heterocycles. The first-order valence-electron chi connectivity index (χ1n) is 7.79.